The van der Waals surface area contributed by atoms with Crippen LogP contribution in [-0.4, -0.2) is 0 Å². The summed E-state index contributed by atoms with van der Waals surface area (Å²) in [6.07, 6.45) is 0. The molecule has 0 bridgehead atoms. The number of halogens is 3. The zero-order valence-electron chi connectivity index (χ0n) is 5.26. The summed E-state index contributed by atoms with van der Waals surface area (Å²) in [5.41, 5.74) is 0. The second-order valence-electron chi connectivity index (χ2n) is 1.85. The maximum absolute atomic E-state index is 12.4. The molecule has 0 heterocycles. The van der Waals surface area contributed by atoms with Crippen molar-refractivity contribution < 1.29 is 18.8 Å². The van der Waals surface area contributed by atoms with E-state index in [9.17, 15) is 3.32 Å². The molecule has 1 aromatic rings. The standard InChI is InChI=1S/C6H5.ClH.FH.HI.Zn/c1-2-4-6-5-3-1;;;;/h1-5H;3*1H;/q;;;;+2/p-2. The predicted octanol–water partition coefficient (Wildman–Crippen LogP) is 2.59. The molecule has 0 nitrogen and oxygen atoms in total. The molecule has 0 fully saturated rings. The van der Waals surface area contributed by atoms with Crippen molar-refractivity contribution in [3.63, 3.8) is 0 Å². The van der Waals surface area contributed by atoms with Gasteiger partial charge in [-0.05, 0) is 0 Å². The van der Waals surface area contributed by atoms with Crippen LogP contribution < -0.4 is 4.16 Å². The van der Waals surface area contributed by atoms with Crippen LogP contribution in [-0.2, 0) is 15.5 Å². The van der Waals surface area contributed by atoms with Crippen molar-refractivity contribution in [2.24, 2.45) is 0 Å². The molecular weight excluding hydrogens is 319 g/mol. The summed E-state index contributed by atoms with van der Waals surface area (Å²) in [6, 6.07) is 8.95. The van der Waals surface area contributed by atoms with Gasteiger partial charge in [-0.15, -0.1) is 24.0 Å². The normalized spacial score (nSPS) is 8.20. The van der Waals surface area contributed by atoms with Gasteiger partial charge < -0.3 is 0 Å². The molecular formula is C6H6ClFIZn. The molecule has 0 unspecified atom stereocenters. The molecule has 0 spiro atoms. The Hall–Kier alpha value is 0.793. The maximum atomic E-state index is 12.4. The van der Waals surface area contributed by atoms with Gasteiger partial charge in [0.05, 0.1) is 0 Å². The van der Waals surface area contributed by atoms with Crippen LogP contribution in [0.5, 0.6) is 0 Å². The van der Waals surface area contributed by atoms with Crippen LogP contribution in [0.4, 0.5) is 3.32 Å². The van der Waals surface area contributed by atoms with Crippen LogP contribution in [0.3, 0.4) is 0 Å². The molecule has 0 aliphatic carbocycles. The van der Waals surface area contributed by atoms with Crippen LogP contribution in [0.1, 0.15) is 0 Å². The first-order chi connectivity index (χ1) is 4.30. The van der Waals surface area contributed by atoms with E-state index < -0.39 is 15.5 Å². The molecule has 4 heteroatoms. The quantitative estimate of drug-likeness (QED) is 0.550. The molecule has 0 aliphatic heterocycles. The Bertz CT molecular complexity index is 180. The van der Waals surface area contributed by atoms with E-state index in [1.165, 1.54) is 0 Å². The Morgan fingerprint density at radius 2 is 1.70 bits per heavy atom. The van der Waals surface area contributed by atoms with Crippen molar-refractivity contribution in [2.75, 3.05) is 0 Å². The van der Waals surface area contributed by atoms with E-state index in [1.807, 2.05) is 6.07 Å². The van der Waals surface area contributed by atoms with E-state index in [2.05, 4.69) is 0 Å². The van der Waals surface area contributed by atoms with Crippen LogP contribution >= 0.6 is 33.7 Å². The molecule has 0 amide bonds. The van der Waals surface area contributed by atoms with Crippen molar-refractivity contribution in [1.29, 1.82) is 0 Å². The van der Waals surface area contributed by atoms with Crippen molar-refractivity contribution in [3.8, 4) is 0 Å². The Balaban J connectivity index is 0.000000810. The van der Waals surface area contributed by atoms with Gasteiger partial charge in [-0.1, -0.05) is 0 Å². The Kier molecular flexibility index (Phi) is 5.88. The zero-order chi connectivity index (χ0) is 6.69. The minimum atomic E-state index is -3.15. The third-order valence-electron chi connectivity index (χ3n) is 1.15. The second kappa shape index (κ2) is 5.44. The first-order valence-electron chi connectivity index (χ1n) is 2.80. The number of hydrogen-bond donors (Lipinski definition) is 0. The Morgan fingerprint density at radius 1 is 1.20 bits per heavy atom. The van der Waals surface area contributed by atoms with Crippen molar-refractivity contribution >= 4 is 37.8 Å². The van der Waals surface area contributed by atoms with Gasteiger partial charge in [0.2, 0.25) is 0 Å². The summed E-state index contributed by atoms with van der Waals surface area (Å²) in [7, 11) is 5.34. The van der Waals surface area contributed by atoms with Gasteiger partial charge in [-0.2, -0.15) is 0 Å². The van der Waals surface area contributed by atoms with E-state index in [-0.39, 0.29) is 24.0 Å². The Morgan fingerprint density at radius 3 is 2.00 bits per heavy atom. The van der Waals surface area contributed by atoms with E-state index in [1.54, 1.807) is 24.3 Å². The second-order valence-corrected chi connectivity index (χ2v) is 7.55. The van der Waals surface area contributed by atoms with E-state index in [4.69, 9.17) is 9.69 Å². The van der Waals surface area contributed by atoms with E-state index in [0.29, 0.717) is 0 Å². The molecule has 10 heavy (non-hydrogen) atoms. The molecule has 1 aromatic carbocycles. The fourth-order valence-electron chi connectivity index (χ4n) is 0.656. The van der Waals surface area contributed by atoms with Gasteiger partial charge in [0, 0.05) is 0 Å². The van der Waals surface area contributed by atoms with Crippen LogP contribution in [0.25, 0.3) is 0 Å². The number of hydrogen-bond acceptors (Lipinski definition) is 0. The summed E-state index contributed by atoms with van der Waals surface area (Å²) in [6.45, 7) is 0. The summed E-state index contributed by atoms with van der Waals surface area (Å²) >= 11 is -3.15. The molecule has 0 N–H and O–H groups in total. The zero-order valence-corrected chi connectivity index (χ0v) is 11.3. The van der Waals surface area contributed by atoms with Crippen LogP contribution in [0.15, 0.2) is 30.3 Å². The topological polar surface area (TPSA) is 0 Å². The van der Waals surface area contributed by atoms with E-state index >= 15 is 0 Å². The van der Waals surface area contributed by atoms with E-state index in [0.717, 1.165) is 4.16 Å². The third kappa shape index (κ3) is 3.26. The fourth-order valence-corrected chi connectivity index (χ4v) is 2.90. The molecule has 53 valence electrons. The molecule has 0 aliphatic rings. The van der Waals surface area contributed by atoms with Crippen LogP contribution in [0, 0.1) is 0 Å². The summed E-state index contributed by atoms with van der Waals surface area (Å²) in [5, 5.41) is 0. The van der Waals surface area contributed by atoms with Crippen molar-refractivity contribution in [1.82, 2.24) is 0 Å². The third-order valence-corrected chi connectivity index (χ3v) is 5.04. The van der Waals surface area contributed by atoms with Gasteiger partial charge in [-0.25, -0.2) is 0 Å². The summed E-state index contributed by atoms with van der Waals surface area (Å²) < 4.78 is 13.1. The average molecular weight is 325 g/mol. The van der Waals surface area contributed by atoms with Gasteiger partial charge in [0.25, 0.3) is 0 Å². The Labute approximate surface area is 86.3 Å². The molecule has 0 atom stereocenters. The molecule has 1 rings (SSSR count). The molecule has 0 saturated heterocycles. The average Bonchev–Trinajstić information content (AvgIpc) is 1.90. The van der Waals surface area contributed by atoms with Crippen molar-refractivity contribution in [2.45, 2.75) is 0 Å². The monoisotopic (exact) mass is 323 g/mol. The van der Waals surface area contributed by atoms with Gasteiger partial charge >= 0.3 is 63.0 Å². The summed E-state index contributed by atoms with van der Waals surface area (Å²) in [5.74, 6) is 0. The number of benzene rings is 1. The summed E-state index contributed by atoms with van der Waals surface area (Å²) in [4.78, 5) is 0. The molecule has 0 radical (unpaired) electrons. The predicted molar refractivity (Wildman–Crippen MR) is 48.5 cm³/mol. The van der Waals surface area contributed by atoms with Gasteiger partial charge in [0.15, 0.2) is 0 Å². The first kappa shape index (κ1) is 10.8. The van der Waals surface area contributed by atoms with Crippen LogP contribution in [0.2, 0.25) is 0 Å². The molecule has 0 saturated carbocycles. The van der Waals surface area contributed by atoms with Gasteiger partial charge in [0.1, 0.15) is 0 Å². The first-order valence-corrected chi connectivity index (χ1v) is 9.30. The van der Waals surface area contributed by atoms with Gasteiger partial charge in [-0.3, -0.25) is 0 Å². The molecule has 0 aromatic heterocycles. The van der Waals surface area contributed by atoms with Crippen molar-refractivity contribution in [3.05, 3.63) is 30.3 Å². The fraction of sp³-hybridized carbons (Fsp3) is 0. The minimum absolute atomic E-state index is 0. The SMILES string of the molecule is I.[F][Zn]([Cl])[c]1ccccc1. The number of rotatable bonds is 1.